The molecule has 0 aromatic heterocycles. The van der Waals surface area contributed by atoms with E-state index in [0.717, 1.165) is 0 Å². The Morgan fingerprint density at radius 1 is 1.14 bits per heavy atom. The van der Waals surface area contributed by atoms with E-state index in [1.54, 1.807) is 33.9 Å². The molecule has 2 aromatic rings. The quantitative estimate of drug-likeness (QED) is 0.746. The van der Waals surface area contributed by atoms with Gasteiger partial charge in [0.05, 0.1) is 0 Å². The molecule has 0 radical (unpaired) electrons. The monoisotopic (exact) mass is 361 g/mol. The predicted molar refractivity (Wildman–Crippen MR) is 89.1 cm³/mol. The molecule has 0 N–H and O–H groups in total. The van der Waals surface area contributed by atoms with Crippen LogP contribution >= 0.6 is 15.9 Å². The maximum Gasteiger partial charge on any atom is 0.254 e. The van der Waals surface area contributed by atoms with Crippen molar-refractivity contribution in [3.05, 3.63) is 69.2 Å². The summed E-state index contributed by atoms with van der Waals surface area (Å²) in [4.78, 5) is 14.1. The minimum absolute atomic E-state index is 0.0963. The molecule has 22 heavy (non-hydrogen) atoms. The van der Waals surface area contributed by atoms with E-state index < -0.39 is 17.0 Å². The number of fused-ring (bicyclic) bond motifs is 1. The molecule has 0 saturated carbocycles. The third-order valence-electron chi connectivity index (χ3n) is 4.12. The van der Waals surface area contributed by atoms with Crippen molar-refractivity contribution in [3.63, 3.8) is 0 Å². The molecule has 7 heteroatoms. The Morgan fingerprint density at radius 2 is 1.86 bits per heavy atom. The molecule has 2 aromatic carbocycles. The first-order valence-corrected chi connectivity index (χ1v) is 7.66. The van der Waals surface area contributed by atoms with Crippen LogP contribution in [-0.2, 0) is 11.9 Å². The molecule has 1 amide bonds. The van der Waals surface area contributed by atoms with Crippen LogP contribution in [0.25, 0.3) is 0 Å². The smallest absolute Gasteiger partial charge is 0.254 e. The Bertz CT molecular complexity index is 782. The molecule has 0 spiro atoms. The lowest BCUT2D eigenvalue weighted by Crippen LogP contribution is -2.44. The number of benzene rings is 2. The molecule has 2 nitrogen and oxygen atoms in total. The van der Waals surface area contributed by atoms with Crippen LogP contribution in [0.15, 0.2) is 40.9 Å². The number of nitrogens with zero attached hydrogens (tertiary/aromatic N) is 1. The number of amides is 1. The lowest BCUT2D eigenvalue weighted by Gasteiger charge is -2.33. The van der Waals surface area contributed by atoms with Gasteiger partial charge in [-0.25, -0.2) is 8.78 Å². The van der Waals surface area contributed by atoms with E-state index in [4.69, 9.17) is 0 Å². The summed E-state index contributed by atoms with van der Waals surface area (Å²) in [5, 5.41) is -0.822. The zero-order valence-corrected chi connectivity index (χ0v) is 13.7. The molecule has 0 unspecified atom stereocenters. The van der Waals surface area contributed by atoms with Gasteiger partial charge in [0.1, 0.15) is 27.3 Å². The van der Waals surface area contributed by atoms with Gasteiger partial charge in [-0.15, -0.1) is 0 Å². The average molecular weight is 362 g/mol. The zero-order chi connectivity index (χ0) is 16.1. The first-order chi connectivity index (χ1) is 10.3. The van der Waals surface area contributed by atoms with Crippen LogP contribution in [0.1, 0.15) is 21.5 Å². The predicted octanol–water partition coefficient (Wildman–Crippen LogP) is 1.76. The van der Waals surface area contributed by atoms with Gasteiger partial charge >= 0.3 is 0 Å². The van der Waals surface area contributed by atoms with Crippen LogP contribution in [0.2, 0.25) is 0 Å². The van der Waals surface area contributed by atoms with E-state index in [9.17, 15) is 13.6 Å². The Kier molecular flexibility index (Phi) is 3.63. The van der Waals surface area contributed by atoms with Crippen molar-refractivity contribution >= 4 is 37.5 Å². The molecule has 1 heterocycles. The molecule has 0 bridgehead atoms. The normalized spacial score (nSPS) is 16.0. The highest BCUT2D eigenvalue weighted by molar-refractivity contribution is 9.10. The topological polar surface area (TPSA) is 20.3 Å². The maximum absolute atomic E-state index is 14.1. The summed E-state index contributed by atoms with van der Waals surface area (Å²) in [7, 11) is 3.55. The van der Waals surface area contributed by atoms with Gasteiger partial charge < -0.3 is 4.90 Å². The Morgan fingerprint density at radius 3 is 2.50 bits per heavy atom. The Labute approximate surface area is 137 Å². The SMILES string of the molecule is BC1(B)c2c(F)cccc2C(=O)N1Cc1ccc(Br)cc1F. The molecule has 0 fully saturated rings. The second-order valence-electron chi connectivity index (χ2n) is 5.85. The van der Waals surface area contributed by atoms with E-state index in [1.165, 1.54) is 23.1 Å². The number of hydrogen-bond acceptors (Lipinski definition) is 1. The van der Waals surface area contributed by atoms with Crippen LogP contribution in [-0.4, -0.2) is 26.5 Å². The van der Waals surface area contributed by atoms with Crippen molar-refractivity contribution < 1.29 is 13.6 Å². The van der Waals surface area contributed by atoms with Crippen LogP contribution in [0.5, 0.6) is 0 Å². The molecular formula is C15H12B2BrF2NO. The first-order valence-electron chi connectivity index (χ1n) is 6.87. The Hall–Kier alpha value is -1.62. The van der Waals surface area contributed by atoms with Gasteiger partial charge in [0.25, 0.3) is 5.91 Å². The summed E-state index contributed by atoms with van der Waals surface area (Å²) < 4.78 is 28.8. The standard InChI is InChI=1S/C15H12B2BrF2NO/c16-15(17)13-10(2-1-3-11(13)19)14(22)21(15)7-8-4-5-9(18)6-12(8)20/h1-6H,7,16-17H2. The maximum atomic E-state index is 14.1. The van der Waals surface area contributed by atoms with Gasteiger partial charge in [0.2, 0.25) is 0 Å². The van der Waals surface area contributed by atoms with Crippen molar-refractivity contribution in [2.45, 2.75) is 11.9 Å². The molecular weight excluding hydrogens is 350 g/mol. The van der Waals surface area contributed by atoms with Crippen LogP contribution in [0, 0.1) is 11.6 Å². The highest BCUT2D eigenvalue weighted by Crippen LogP contribution is 2.37. The number of hydrogen-bond donors (Lipinski definition) is 0. The van der Waals surface area contributed by atoms with Crippen LogP contribution in [0.4, 0.5) is 8.78 Å². The molecule has 0 saturated heterocycles. The summed E-state index contributed by atoms with van der Waals surface area (Å²) >= 11 is 3.21. The summed E-state index contributed by atoms with van der Waals surface area (Å²) in [6.07, 6.45) is 0. The van der Waals surface area contributed by atoms with Crippen molar-refractivity contribution in [2.24, 2.45) is 0 Å². The number of rotatable bonds is 2. The first kappa shape index (κ1) is 15.3. The largest absolute Gasteiger partial charge is 0.340 e. The fourth-order valence-corrected chi connectivity index (χ4v) is 3.28. The van der Waals surface area contributed by atoms with Crippen molar-refractivity contribution in [2.75, 3.05) is 0 Å². The summed E-state index contributed by atoms with van der Waals surface area (Å²) in [5.41, 5.74) is 1.12. The van der Waals surface area contributed by atoms with Gasteiger partial charge in [0.15, 0.2) is 0 Å². The number of halogens is 3. The van der Waals surface area contributed by atoms with Gasteiger partial charge in [0, 0.05) is 33.0 Å². The minimum atomic E-state index is -0.822. The van der Waals surface area contributed by atoms with E-state index in [1.807, 2.05) is 0 Å². The lowest BCUT2D eigenvalue weighted by atomic mass is 9.58. The molecule has 0 atom stereocenters. The third-order valence-corrected chi connectivity index (χ3v) is 4.61. The summed E-state index contributed by atoms with van der Waals surface area (Å²) in [6, 6.07) is 9.18. The van der Waals surface area contributed by atoms with Gasteiger partial charge in [-0.1, -0.05) is 28.1 Å². The van der Waals surface area contributed by atoms with E-state index in [0.29, 0.717) is 21.2 Å². The van der Waals surface area contributed by atoms with Gasteiger partial charge in [-0.2, -0.15) is 0 Å². The van der Waals surface area contributed by atoms with E-state index in [-0.39, 0.29) is 12.5 Å². The second kappa shape index (κ2) is 5.23. The van der Waals surface area contributed by atoms with Gasteiger partial charge in [-0.3, -0.25) is 4.79 Å². The minimum Gasteiger partial charge on any atom is -0.340 e. The van der Waals surface area contributed by atoms with Crippen LogP contribution < -0.4 is 0 Å². The fourth-order valence-electron chi connectivity index (χ4n) is 2.95. The van der Waals surface area contributed by atoms with E-state index >= 15 is 0 Å². The van der Waals surface area contributed by atoms with E-state index in [2.05, 4.69) is 15.9 Å². The Balaban J connectivity index is 2.03. The van der Waals surface area contributed by atoms with Crippen molar-refractivity contribution in [1.29, 1.82) is 0 Å². The third kappa shape index (κ3) is 2.28. The van der Waals surface area contributed by atoms with Crippen LogP contribution in [0.3, 0.4) is 0 Å². The molecule has 1 aliphatic rings. The highest BCUT2D eigenvalue weighted by atomic mass is 79.9. The van der Waals surface area contributed by atoms with Gasteiger partial charge in [-0.05, 0) is 24.3 Å². The molecule has 0 aliphatic carbocycles. The lowest BCUT2D eigenvalue weighted by molar-refractivity contribution is 0.0730. The number of carbonyl (C=O) groups is 1. The second-order valence-corrected chi connectivity index (χ2v) is 6.76. The molecule has 1 aliphatic heterocycles. The molecule has 110 valence electrons. The summed E-state index contributed by atoms with van der Waals surface area (Å²) in [6.45, 7) is 0.0963. The zero-order valence-electron chi connectivity index (χ0n) is 12.2. The molecule has 3 rings (SSSR count). The fraction of sp³-hybridized carbons (Fsp3) is 0.133. The number of carbonyl (C=O) groups excluding carboxylic acids is 1. The van der Waals surface area contributed by atoms with Crippen molar-refractivity contribution in [3.8, 4) is 0 Å². The van der Waals surface area contributed by atoms with Crippen molar-refractivity contribution in [1.82, 2.24) is 4.90 Å². The highest BCUT2D eigenvalue weighted by Gasteiger charge is 2.44. The summed E-state index contributed by atoms with van der Waals surface area (Å²) in [5.74, 6) is -1.08. The average Bonchev–Trinajstić information content (AvgIpc) is 2.63.